The van der Waals surface area contributed by atoms with E-state index >= 15 is 0 Å². The average Bonchev–Trinajstić information content (AvgIpc) is 3.08. The van der Waals surface area contributed by atoms with Gasteiger partial charge in [-0.05, 0) is 41.6 Å². The van der Waals surface area contributed by atoms with Gasteiger partial charge >= 0.3 is 0 Å². The SMILES string of the molecule is COc1ccnc(N2C3CCC2CC(n2cc(Br)cn2)C3)n1. The van der Waals surface area contributed by atoms with E-state index in [1.165, 1.54) is 12.8 Å². The van der Waals surface area contributed by atoms with Crippen molar-refractivity contribution in [3.63, 3.8) is 0 Å². The summed E-state index contributed by atoms with van der Waals surface area (Å²) >= 11 is 3.48. The Kier molecular flexibility index (Phi) is 3.52. The maximum Gasteiger partial charge on any atom is 0.229 e. The number of aromatic nitrogens is 4. The minimum Gasteiger partial charge on any atom is -0.481 e. The van der Waals surface area contributed by atoms with E-state index in [1.807, 2.05) is 6.20 Å². The number of hydrogen-bond acceptors (Lipinski definition) is 5. The van der Waals surface area contributed by atoms with Crippen LogP contribution in [-0.2, 0) is 0 Å². The van der Waals surface area contributed by atoms with E-state index in [9.17, 15) is 0 Å². The number of ether oxygens (including phenoxy) is 1. The fourth-order valence-corrected chi connectivity index (χ4v) is 4.08. The summed E-state index contributed by atoms with van der Waals surface area (Å²) in [5, 5.41) is 4.46. The molecule has 2 unspecified atom stereocenters. The molecule has 2 aliphatic rings. The number of nitrogens with zero attached hydrogens (tertiary/aromatic N) is 5. The summed E-state index contributed by atoms with van der Waals surface area (Å²) < 4.78 is 8.37. The Bertz CT molecular complexity index is 661. The van der Waals surface area contributed by atoms with Crippen molar-refractivity contribution < 1.29 is 4.74 Å². The molecule has 116 valence electrons. The Morgan fingerprint density at radius 1 is 1.23 bits per heavy atom. The summed E-state index contributed by atoms with van der Waals surface area (Å²) in [4.78, 5) is 11.4. The van der Waals surface area contributed by atoms with E-state index in [1.54, 1.807) is 19.4 Å². The van der Waals surface area contributed by atoms with Crippen molar-refractivity contribution in [1.29, 1.82) is 0 Å². The van der Waals surface area contributed by atoms with E-state index in [-0.39, 0.29) is 0 Å². The van der Waals surface area contributed by atoms with Gasteiger partial charge in [-0.2, -0.15) is 10.1 Å². The molecule has 2 aromatic heterocycles. The second kappa shape index (κ2) is 5.53. The summed E-state index contributed by atoms with van der Waals surface area (Å²) in [5.74, 6) is 1.43. The van der Waals surface area contributed by atoms with Crippen LogP contribution in [0.4, 0.5) is 5.95 Å². The maximum absolute atomic E-state index is 5.23. The van der Waals surface area contributed by atoms with Crippen molar-refractivity contribution in [2.24, 2.45) is 0 Å². The molecule has 0 saturated carbocycles. The fourth-order valence-electron chi connectivity index (χ4n) is 3.78. The molecule has 0 radical (unpaired) electrons. The van der Waals surface area contributed by atoms with Crippen LogP contribution >= 0.6 is 15.9 Å². The number of piperidine rings is 1. The molecular formula is C15H18BrN5O. The molecule has 2 atom stereocenters. The first-order valence-corrected chi connectivity index (χ1v) is 8.39. The van der Waals surface area contributed by atoms with Gasteiger partial charge in [-0.15, -0.1) is 0 Å². The highest BCUT2D eigenvalue weighted by molar-refractivity contribution is 9.10. The highest BCUT2D eigenvalue weighted by Gasteiger charge is 2.42. The second-order valence-corrected chi connectivity index (χ2v) is 6.87. The molecular weight excluding hydrogens is 346 g/mol. The number of anilines is 1. The Morgan fingerprint density at radius 2 is 2.00 bits per heavy atom. The normalized spacial score (nSPS) is 27.2. The molecule has 2 bridgehead atoms. The lowest BCUT2D eigenvalue weighted by atomic mass is 9.98. The van der Waals surface area contributed by atoms with E-state index in [0.29, 0.717) is 24.0 Å². The van der Waals surface area contributed by atoms with E-state index in [4.69, 9.17) is 4.74 Å². The Balaban J connectivity index is 1.58. The van der Waals surface area contributed by atoms with Gasteiger partial charge in [0.1, 0.15) is 0 Å². The Labute approximate surface area is 137 Å². The van der Waals surface area contributed by atoms with Gasteiger partial charge in [-0.25, -0.2) is 4.98 Å². The van der Waals surface area contributed by atoms with E-state index < -0.39 is 0 Å². The minimum atomic E-state index is 0.464. The molecule has 4 heterocycles. The van der Waals surface area contributed by atoms with Crippen molar-refractivity contribution in [2.75, 3.05) is 12.0 Å². The largest absolute Gasteiger partial charge is 0.481 e. The van der Waals surface area contributed by atoms with Crippen molar-refractivity contribution in [3.8, 4) is 5.88 Å². The standard InChI is InChI=1S/C15H18BrN5O/c1-22-14-4-5-17-15(19-14)21-11-2-3-12(21)7-13(6-11)20-9-10(16)8-18-20/h4-5,8-9,11-13H,2-3,6-7H2,1H3. The summed E-state index contributed by atoms with van der Waals surface area (Å²) in [6.07, 6.45) is 10.3. The fraction of sp³-hybridized carbons (Fsp3) is 0.533. The molecule has 2 aliphatic heterocycles. The van der Waals surface area contributed by atoms with Crippen LogP contribution in [0.15, 0.2) is 29.1 Å². The van der Waals surface area contributed by atoms with Gasteiger partial charge in [0.25, 0.3) is 0 Å². The first kappa shape index (κ1) is 14.0. The molecule has 4 rings (SSSR count). The van der Waals surface area contributed by atoms with Crippen molar-refractivity contribution in [2.45, 2.75) is 43.8 Å². The van der Waals surface area contributed by atoms with Crippen LogP contribution in [0.2, 0.25) is 0 Å². The van der Waals surface area contributed by atoms with Crippen LogP contribution in [0, 0.1) is 0 Å². The summed E-state index contributed by atoms with van der Waals surface area (Å²) in [6, 6.07) is 3.22. The van der Waals surface area contributed by atoms with Crippen LogP contribution in [0.1, 0.15) is 31.7 Å². The lowest BCUT2D eigenvalue weighted by Gasteiger charge is -2.39. The summed E-state index contributed by atoms with van der Waals surface area (Å²) in [6.45, 7) is 0. The molecule has 7 heteroatoms. The third kappa shape index (κ3) is 2.37. The van der Waals surface area contributed by atoms with Gasteiger partial charge in [-0.1, -0.05) is 0 Å². The molecule has 0 N–H and O–H groups in total. The first-order chi connectivity index (χ1) is 10.7. The van der Waals surface area contributed by atoms with Gasteiger partial charge in [0.05, 0.1) is 23.8 Å². The summed E-state index contributed by atoms with van der Waals surface area (Å²) in [7, 11) is 1.64. The molecule has 0 amide bonds. The molecule has 2 aromatic rings. The van der Waals surface area contributed by atoms with Crippen LogP contribution in [0.25, 0.3) is 0 Å². The van der Waals surface area contributed by atoms with Crippen LogP contribution in [0.5, 0.6) is 5.88 Å². The lowest BCUT2D eigenvalue weighted by Crippen LogP contribution is -2.44. The molecule has 2 saturated heterocycles. The Hall–Kier alpha value is -1.63. The van der Waals surface area contributed by atoms with Gasteiger partial charge < -0.3 is 9.64 Å². The monoisotopic (exact) mass is 363 g/mol. The minimum absolute atomic E-state index is 0.464. The molecule has 6 nitrogen and oxygen atoms in total. The number of methoxy groups -OCH3 is 1. The van der Waals surface area contributed by atoms with Gasteiger partial charge in [0, 0.05) is 30.5 Å². The lowest BCUT2D eigenvalue weighted by molar-refractivity contribution is 0.311. The number of rotatable bonds is 3. The topological polar surface area (TPSA) is 56.1 Å². The quantitative estimate of drug-likeness (QED) is 0.838. The average molecular weight is 364 g/mol. The van der Waals surface area contributed by atoms with Crippen molar-refractivity contribution in [1.82, 2.24) is 19.7 Å². The first-order valence-electron chi connectivity index (χ1n) is 7.59. The van der Waals surface area contributed by atoms with E-state index in [2.05, 4.69) is 46.8 Å². The number of hydrogen-bond donors (Lipinski definition) is 0. The zero-order valence-corrected chi connectivity index (χ0v) is 14.0. The maximum atomic E-state index is 5.23. The van der Waals surface area contributed by atoms with Crippen LogP contribution in [-0.4, -0.2) is 38.9 Å². The predicted molar refractivity (Wildman–Crippen MR) is 86.1 cm³/mol. The zero-order valence-electron chi connectivity index (χ0n) is 12.4. The smallest absolute Gasteiger partial charge is 0.229 e. The van der Waals surface area contributed by atoms with Gasteiger partial charge in [0.2, 0.25) is 11.8 Å². The highest BCUT2D eigenvalue weighted by Crippen LogP contribution is 2.42. The van der Waals surface area contributed by atoms with Crippen molar-refractivity contribution in [3.05, 3.63) is 29.1 Å². The molecule has 0 aromatic carbocycles. The zero-order chi connectivity index (χ0) is 15.1. The molecule has 22 heavy (non-hydrogen) atoms. The van der Waals surface area contributed by atoms with Crippen LogP contribution < -0.4 is 9.64 Å². The van der Waals surface area contributed by atoms with Crippen molar-refractivity contribution >= 4 is 21.9 Å². The molecule has 0 spiro atoms. The second-order valence-electron chi connectivity index (χ2n) is 5.96. The van der Waals surface area contributed by atoms with Crippen LogP contribution in [0.3, 0.4) is 0 Å². The van der Waals surface area contributed by atoms with Gasteiger partial charge in [0.15, 0.2) is 0 Å². The number of halogens is 1. The van der Waals surface area contributed by atoms with Gasteiger partial charge in [-0.3, -0.25) is 4.68 Å². The summed E-state index contributed by atoms with van der Waals surface area (Å²) in [5.41, 5.74) is 0. The third-order valence-electron chi connectivity index (χ3n) is 4.71. The van der Waals surface area contributed by atoms with E-state index in [0.717, 1.165) is 23.3 Å². The Morgan fingerprint density at radius 3 is 2.64 bits per heavy atom. The predicted octanol–water partition coefficient (Wildman–Crippen LogP) is 2.82. The highest BCUT2D eigenvalue weighted by atomic mass is 79.9. The molecule has 2 fully saturated rings. The number of fused-ring (bicyclic) bond motifs is 2. The third-order valence-corrected chi connectivity index (χ3v) is 5.12. The molecule has 0 aliphatic carbocycles.